The number of carbonyl (C=O) groups is 2. The minimum absolute atomic E-state index is 0. The van der Waals surface area contributed by atoms with Gasteiger partial charge in [-0.25, -0.2) is 0 Å². The number of rotatable bonds is 22. The van der Waals surface area contributed by atoms with Crippen molar-refractivity contribution in [3.05, 3.63) is 210 Å². The van der Waals surface area contributed by atoms with Crippen LogP contribution in [0, 0.1) is 0 Å². The van der Waals surface area contributed by atoms with Crippen LogP contribution in [0.2, 0.25) is 0 Å². The van der Waals surface area contributed by atoms with Crippen molar-refractivity contribution in [2.75, 3.05) is 85.3 Å². The smallest absolute Gasteiger partial charge is 0.870 e. The molecule has 547 valence electrons. The Kier molecular flexibility index (Phi) is 33.9. The molecule has 4 aliphatic rings. The van der Waals surface area contributed by atoms with E-state index < -0.39 is 0 Å². The number of methoxy groups -OCH3 is 12. The van der Waals surface area contributed by atoms with Crippen LogP contribution in [0.4, 0.5) is 0 Å². The van der Waals surface area contributed by atoms with E-state index in [-0.39, 0.29) is 78.9 Å². The Labute approximate surface area is 660 Å². The van der Waals surface area contributed by atoms with Gasteiger partial charge < -0.3 is 82.0 Å². The van der Waals surface area contributed by atoms with Crippen LogP contribution in [0.5, 0.6) is 92.0 Å². The Bertz CT molecular complexity index is 4290. The first-order valence-corrected chi connectivity index (χ1v) is 32.4. The van der Waals surface area contributed by atoms with Gasteiger partial charge in [-0.2, -0.15) is 9.90 Å². The molecule has 12 rings (SSSR count). The number of hydrogen-bond acceptors (Lipinski definition) is 19. The number of benzene rings is 8. The van der Waals surface area contributed by atoms with Gasteiger partial charge in [0.05, 0.1) is 85.3 Å². The van der Waals surface area contributed by atoms with Crippen LogP contribution in [0.25, 0.3) is 72.9 Å². The second kappa shape index (κ2) is 41.6. The SMILES string of the molecule is COc1cc(/C=C/c2cc(O)c3c(c2)CC=C3)cc(OC)c1OC.COc1cc(/C=C/c2cc3c(c(OC(C)=O)c2)C=CC3)cc(OC)c1OC.COc1cc(/C=C\c2cc(O)c3c(c2)CC=C3)cc(OC)c1OC.COc1cc(/C=C\c2cc3c(c(OC(C)=O)c2)C=CC3)cc(OC)c1OC.P.[Li+].[OH-].[Y]. The van der Waals surface area contributed by atoms with Crippen molar-refractivity contribution in [1.82, 2.24) is 0 Å². The van der Waals surface area contributed by atoms with Gasteiger partial charge in [0.15, 0.2) is 46.0 Å². The fraction of sp³-hybridized carbons (Fsp3) is 0.214. The first-order chi connectivity index (χ1) is 49.4. The van der Waals surface area contributed by atoms with Crippen LogP contribution in [0.1, 0.15) is 103 Å². The fourth-order valence-corrected chi connectivity index (χ4v) is 11.9. The minimum Gasteiger partial charge on any atom is -0.870 e. The Balaban J connectivity index is 0.000000251. The van der Waals surface area contributed by atoms with Gasteiger partial charge in [-0.05, 0) is 165 Å². The number of carbonyl (C=O) groups excluding carboxylic acids is 2. The molecule has 106 heavy (non-hydrogen) atoms. The van der Waals surface area contributed by atoms with Crippen molar-refractivity contribution in [1.29, 1.82) is 0 Å². The summed E-state index contributed by atoms with van der Waals surface area (Å²) >= 11 is 0. The number of allylic oxidation sites excluding steroid dienone is 4. The van der Waals surface area contributed by atoms with Gasteiger partial charge >= 0.3 is 30.8 Å². The summed E-state index contributed by atoms with van der Waals surface area (Å²) in [4.78, 5) is 22.8. The molecule has 0 bridgehead atoms. The second-order valence-corrected chi connectivity index (χ2v) is 23.2. The molecule has 0 aromatic heterocycles. The molecule has 0 amide bonds. The van der Waals surface area contributed by atoms with Crippen molar-refractivity contribution in [2.45, 2.75) is 39.5 Å². The predicted molar refractivity (Wildman–Crippen MR) is 416 cm³/mol. The van der Waals surface area contributed by atoms with Crippen LogP contribution in [0.15, 0.2) is 121 Å². The number of esters is 2. The maximum atomic E-state index is 11.4. The third kappa shape index (κ3) is 21.6. The first kappa shape index (κ1) is 86.6. The molecule has 0 saturated heterocycles. The van der Waals surface area contributed by atoms with E-state index in [4.69, 9.17) is 66.3 Å². The molecule has 19 nitrogen and oxygen atoms in total. The normalized spacial score (nSPS) is 11.8. The zero-order chi connectivity index (χ0) is 73.0. The quantitative estimate of drug-likeness (QED) is 0.0211. The van der Waals surface area contributed by atoms with Crippen LogP contribution in [-0.4, -0.2) is 113 Å². The summed E-state index contributed by atoms with van der Waals surface area (Å²) in [6.45, 7) is 2.81. The summed E-state index contributed by atoms with van der Waals surface area (Å²) in [6.07, 6.45) is 35.1. The van der Waals surface area contributed by atoms with E-state index in [1.807, 2.05) is 134 Å². The predicted octanol–water partition coefficient (Wildman–Crippen LogP) is 14.0. The Morgan fingerprint density at radius 3 is 0.670 bits per heavy atom. The molecule has 0 aliphatic heterocycles. The topological polar surface area (TPSA) is 234 Å². The number of hydrogen-bond donors (Lipinski definition) is 2. The number of fused-ring (bicyclic) bond motifs is 4. The minimum atomic E-state index is -0.330. The summed E-state index contributed by atoms with van der Waals surface area (Å²) in [7, 11) is 19.0. The average molecular weight is 1530 g/mol. The molecule has 3 N–H and O–H groups in total. The molecule has 0 spiro atoms. The zero-order valence-electron chi connectivity index (χ0n) is 62.5. The first-order valence-electron chi connectivity index (χ1n) is 32.4. The van der Waals surface area contributed by atoms with E-state index in [2.05, 4.69) is 48.6 Å². The Morgan fingerprint density at radius 2 is 0.472 bits per heavy atom. The fourth-order valence-electron chi connectivity index (χ4n) is 11.9. The van der Waals surface area contributed by atoms with Gasteiger partial charge in [0.25, 0.3) is 0 Å². The molecule has 0 fully saturated rings. The summed E-state index contributed by atoms with van der Waals surface area (Å²) in [6, 6.07) is 30.7. The molecule has 1 radical (unpaired) electrons. The molecule has 22 heteroatoms. The van der Waals surface area contributed by atoms with Crippen LogP contribution in [-0.2, 0) is 68.0 Å². The summed E-state index contributed by atoms with van der Waals surface area (Å²) in [5.41, 5.74) is 15.7. The van der Waals surface area contributed by atoms with Gasteiger partial charge in [0.1, 0.15) is 23.0 Å². The van der Waals surface area contributed by atoms with Gasteiger partial charge in [-0.3, -0.25) is 9.59 Å². The van der Waals surface area contributed by atoms with E-state index in [0.717, 1.165) is 115 Å². The van der Waals surface area contributed by atoms with E-state index >= 15 is 0 Å². The van der Waals surface area contributed by atoms with Crippen molar-refractivity contribution >= 4 is 94.7 Å². The molecule has 1 unspecified atom stereocenters. The molecule has 1 atom stereocenters. The summed E-state index contributed by atoms with van der Waals surface area (Å²) < 4.78 is 75.1. The molecular formula is C84H88LiO19PY. The number of aromatic hydroxyl groups is 2. The van der Waals surface area contributed by atoms with Gasteiger partial charge in [0, 0.05) is 68.8 Å². The second-order valence-electron chi connectivity index (χ2n) is 23.2. The van der Waals surface area contributed by atoms with Crippen molar-refractivity contribution in [3.63, 3.8) is 0 Å². The van der Waals surface area contributed by atoms with Crippen LogP contribution < -0.4 is 85.2 Å². The molecule has 8 aromatic rings. The Hall–Kier alpha value is -10.1. The molecule has 4 aliphatic carbocycles. The van der Waals surface area contributed by atoms with Gasteiger partial charge in [0.2, 0.25) is 23.0 Å². The molecule has 0 saturated carbocycles. The van der Waals surface area contributed by atoms with E-state index in [1.165, 1.54) is 13.8 Å². The van der Waals surface area contributed by atoms with Gasteiger partial charge in [-0.15, -0.1) is 0 Å². The standard InChI is InChI=1S/2C22H22O5.2C20H20O4.Li.H2O.H3P.Y/c2*1-14(23)27-19-11-15(10-17-6-5-7-18(17)19)8-9-16-12-20(24-2)22(26-4)21(13-16)25-3;2*1-22-18-11-14(12-19(23-2)20(18)24-3)8-7-13-9-15-5-4-6-16(15)17(21)10-13;;;;/h2*5,7-13H,6H2,1-4H3;2*4,6-12,21H,5H2,1-3H3;;1H2;1H3;/q;;;;+1;;;/p-1/b9-8+;9-8-;8-7+;8-7-;;;;. The third-order valence-corrected chi connectivity index (χ3v) is 16.7. The average Bonchev–Trinajstić information content (AvgIpc) is 1.77. The van der Waals surface area contributed by atoms with Crippen molar-refractivity contribution < 1.29 is 143 Å². The summed E-state index contributed by atoms with van der Waals surface area (Å²) in [5.74, 6) is 8.17. The largest absolute Gasteiger partial charge is 1.00 e. The maximum absolute atomic E-state index is 11.4. The van der Waals surface area contributed by atoms with E-state index in [1.54, 1.807) is 97.5 Å². The number of ether oxygens (including phenoxy) is 14. The van der Waals surface area contributed by atoms with E-state index in [9.17, 15) is 19.8 Å². The van der Waals surface area contributed by atoms with Gasteiger partial charge in [-0.1, -0.05) is 121 Å². The number of phenols is 2. The molecular weight excluding hydrogens is 1440 g/mol. The molecule has 8 aromatic carbocycles. The Morgan fingerprint density at radius 1 is 0.292 bits per heavy atom. The van der Waals surface area contributed by atoms with Crippen molar-refractivity contribution in [2.24, 2.45) is 0 Å². The van der Waals surface area contributed by atoms with Crippen LogP contribution in [0.3, 0.4) is 0 Å². The van der Waals surface area contributed by atoms with Crippen molar-refractivity contribution in [3.8, 4) is 92.0 Å². The van der Waals surface area contributed by atoms with Crippen LogP contribution >= 0.6 is 9.90 Å². The third-order valence-electron chi connectivity index (χ3n) is 16.7. The van der Waals surface area contributed by atoms with E-state index in [0.29, 0.717) is 92.0 Å². The maximum Gasteiger partial charge on any atom is 1.00 e. The summed E-state index contributed by atoms with van der Waals surface area (Å²) in [5, 5.41) is 20.2. The zero-order valence-corrected chi connectivity index (χ0v) is 66.7. The monoisotopic (exact) mass is 1530 g/mol. The number of phenolic OH excluding ortho intramolecular Hbond substituents is 2. The molecule has 0 heterocycles.